The van der Waals surface area contributed by atoms with E-state index in [1.165, 1.54) is 55.5 Å². The van der Waals surface area contributed by atoms with Crippen molar-refractivity contribution in [1.82, 2.24) is 14.9 Å². The van der Waals surface area contributed by atoms with E-state index in [0.29, 0.717) is 37.4 Å². The minimum atomic E-state index is -0.559. The van der Waals surface area contributed by atoms with Crippen molar-refractivity contribution in [3.05, 3.63) is 96.1 Å². The van der Waals surface area contributed by atoms with Gasteiger partial charge in [-0.3, -0.25) is 24.2 Å². The van der Waals surface area contributed by atoms with Crippen molar-refractivity contribution < 1.29 is 38.6 Å². The number of ketones is 1. The van der Waals surface area contributed by atoms with Crippen LogP contribution in [0.3, 0.4) is 0 Å². The van der Waals surface area contributed by atoms with E-state index in [1.54, 1.807) is 25.7 Å². The Morgan fingerprint density at radius 1 is 0.650 bits per heavy atom. The van der Waals surface area contributed by atoms with Crippen molar-refractivity contribution >= 4 is 57.8 Å². The Morgan fingerprint density at radius 2 is 1.12 bits per heavy atom. The molecule has 1 saturated carbocycles. The SMILES string of the molecule is CC(C)(C)OC(=O)N1CCC[C@@H]1C(=O)c1ccc2ccccc2c1.CON(C)C(=O)[C@H]1CCCN1C(=O)OC(C)(C)C.Cl.O[C@@H](c1ccc2ccccc2c1)C1CCCC1. The largest absolute Gasteiger partial charge is 0.444 e. The molecular formula is C48H64ClN3O8. The van der Waals surface area contributed by atoms with Gasteiger partial charge in [-0.1, -0.05) is 85.6 Å². The molecule has 2 aliphatic heterocycles. The number of likely N-dealkylation sites (tertiary alicyclic amines) is 2. The van der Waals surface area contributed by atoms with Gasteiger partial charge in [-0.05, 0) is 125 Å². The van der Waals surface area contributed by atoms with Crippen molar-refractivity contribution in [3.8, 4) is 0 Å². The van der Waals surface area contributed by atoms with Crippen LogP contribution in [0.2, 0.25) is 0 Å². The fraction of sp³-hybridized carbons (Fsp3) is 0.500. The molecule has 11 nitrogen and oxygen atoms in total. The lowest BCUT2D eigenvalue weighted by molar-refractivity contribution is -0.173. The molecule has 1 aliphatic carbocycles. The Morgan fingerprint density at radius 3 is 1.63 bits per heavy atom. The number of hydrogen-bond donors (Lipinski definition) is 1. The summed E-state index contributed by atoms with van der Waals surface area (Å²) in [4.78, 5) is 57.2. The molecule has 12 heteroatoms. The predicted molar refractivity (Wildman–Crippen MR) is 238 cm³/mol. The van der Waals surface area contributed by atoms with Crippen molar-refractivity contribution in [2.24, 2.45) is 5.92 Å². The summed E-state index contributed by atoms with van der Waals surface area (Å²) in [6.07, 6.45) is 6.73. The number of benzene rings is 4. The van der Waals surface area contributed by atoms with E-state index in [9.17, 15) is 24.3 Å². The average molecular weight is 847 g/mol. The Balaban J connectivity index is 0.000000201. The normalized spacial score (nSPS) is 18.4. The highest BCUT2D eigenvalue weighted by molar-refractivity contribution is 6.04. The minimum Gasteiger partial charge on any atom is -0.444 e. The molecule has 4 aromatic carbocycles. The number of Topliss-reactive ketones (excluding diaryl/α,β-unsaturated/α-hetero) is 1. The molecule has 60 heavy (non-hydrogen) atoms. The quantitative estimate of drug-likeness (QED) is 0.150. The number of hydrogen-bond acceptors (Lipinski definition) is 8. The number of ether oxygens (including phenoxy) is 2. The first-order valence-corrected chi connectivity index (χ1v) is 21.0. The van der Waals surface area contributed by atoms with Crippen molar-refractivity contribution in [2.45, 2.75) is 122 Å². The lowest BCUT2D eigenvalue weighted by atomic mass is 9.93. The molecule has 3 atom stereocenters. The number of carbonyl (C=O) groups excluding carboxylic acids is 4. The molecule has 2 heterocycles. The topological polar surface area (TPSA) is 126 Å². The first-order valence-electron chi connectivity index (χ1n) is 21.0. The molecule has 2 saturated heterocycles. The predicted octanol–water partition coefficient (Wildman–Crippen LogP) is 10.3. The highest BCUT2D eigenvalue weighted by Gasteiger charge is 2.39. The van der Waals surface area contributed by atoms with E-state index in [1.807, 2.05) is 69.3 Å². The number of amides is 3. The zero-order valence-corrected chi connectivity index (χ0v) is 37.3. The Hall–Kier alpha value is -4.71. The minimum absolute atomic E-state index is 0. The average Bonchev–Trinajstić information content (AvgIpc) is 4.02. The number of nitrogens with zero attached hydrogens (tertiary/aromatic N) is 3. The van der Waals surface area contributed by atoms with Crippen LogP contribution in [0.1, 0.15) is 115 Å². The summed E-state index contributed by atoms with van der Waals surface area (Å²) in [6, 6.07) is 27.4. The molecule has 0 radical (unpaired) electrons. The van der Waals surface area contributed by atoms with E-state index in [2.05, 4.69) is 36.4 Å². The number of likely N-dealkylation sites (N-methyl/N-ethyl adjacent to an activating group) is 1. The third-order valence-corrected chi connectivity index (χ3v) is 10.9. The summed E-state index contributed by atoms with van der Waals surface area (Å²) in [5.74, 6) is 0.237. The molecule has 326 valence electrons. The molecule has 3 aliphatic rings. The molecular weight excluding hydrogens is 782 g/mol. The Bertz CT molecular complexity index is 2070. The van der Waals surface area contributed by atoms with Gasteiger partial charge in [-0.2, -0.15) is 0 Å². The fourth-order valence-electron chi connectivity index (χ4n) is 7.91. The molecule has 0 bridgehead atoms. The van der Waals surface area contributed by atoms with Gasteiger partial charge in [-0.15, -0.1) is 12.4 Å². The number of hydroxylamine groups is 2. The second-order valence-corrected chi connectivity index (χ2v) is 17.7. The van der Waals surface area contributed by atoms with E-state index in [4.69, 9.17) is 14.3 Å². The van der Waals surface area contributed by atoms with E-state index in [0.717, 1.165) is 34.2 Å². The fourth-order valence-corrected chi connectivity index (χ4v) is 7.91. The first kappa shape index (κ1) is 48.0. The van der Waals surface area contributed by atoms with Crippen LogP contribution < -0.4 is 0 Å². The standard InChI is InChI=1S/C20H23NO3.C16H18O.C12H22N2O4.ClH/c1-20(2,3)24-19(23)21-12-6-9-17(21)18(22)16-11-10-14-7-4-5-8-15(14)13-16;17-16(13-6-2-3-7-13)15-10-9-12-5-1-4-8-14(12)11-15;1-12(2,3)18-11(16)14-8-6-7-9(14)10(15)13(4)17-5;/h4-5,7-8,10-11,13,17H,6,9,12H2,1-3H3;1,4-5,8-11,13,16-17H,2-3,6-7H2;9H,6-8H2,1-5H3;1H/t17-;16-;9-;/m111./s1. The molecule has 3 fully saturated rings. The van der Waals surface area contributed by atoms with Crippen LogP contribution in [0, 0.1) is 5.92 Å². The molecule has 0 aromatic heterocycles. The van der Waals surface area contributed by atoms with Gasteiger partial charge >= 0.3 is 12.2 Å². The van der Waals surface area contributed by atoms with E-state index in [-0.39, 0.29) is 30.2 Å². The van der Waals surface area contributed by atoms with Gasteiger partial charge in [0.25, 0.3) is 5.91 Å². The van der Waals surface area contributed by atoms with Gasteiger partial charge in [0.05, 0.1) is 19.3 Å². The lowest BCUT2D eigenvalue weighted by Crippen LogP contribution is -2.47. The van der Waals surface area contributed by atoms with Gasteiger partial charge in [0.15, 0.2) is 5.78 Å². The third-order valence-electron chi connectivity index (χ3n) is 10.9. The first-order chi connectivity index (χ1) is 28.0. The van der Waals surface area contributed by atoms with E-state index < -0.39 is 35.5 Å². The van der Waals surface area contributed by atoms with Gasteiger partial charge in [-0.25, -0.2) is 14.7 Å². The maximum absolute atomic E-state index is 12.9. The van der Waals surface area contributed by atoms with Gasteiger partial charge < -0.3 is 14.6 Å². The van der Waals surface area contributed by atoms with Crippen molar-refractivity contribution in [1.29, 1.82) is 0 Å². The second kappa shape index (κ2) is 21.2. The number of aliphatic hydroxyl groups excluding tert-OH is 1. The highest BCUT2D eigenvalue weighted by Crippen LogP contribution is 2.36. The zero-order valence-electron chi connectivity index (χ0n) is 36.5. The number of halogens is 1. The van der Waals surface area contributed by atoms with Crippen molar-refractivity contribution in [2.75, 3.05) is 27.2 Å². The number of rotatable bonds is 6. The molecule has 0 spiro atoms. The van der Waals surface area contributed by atoms with Crippen LogP contribution in [0.5, 0.6) is 0 Å². The van der Waals surface area contributed by atoms with Crippen LogP contribution in [0.15, 0.2) is 84.9 Å². The summed E-state index contributed by atoms with van der Waals surface area (Å²) in [5, 5.41) is 16.1. The summed E-state index contributed by atoms with van der Waals surface area (Å²) < 4.78 is 10.7. The summed E-state index contributed by atoms with van der Waals surface area (Å²) in [7, 11) is 2.96. The van der Waals surface area contributed by atoms with Crippen molar-refractivity contribution in [3.63, 3.8) is 0 Å². The third kappa shape index (κ3) is 12.9. The molecule has 4 aromatic rings. The number of carbonyl (C=O) groups is 4. The van der Waals surface area contributed by atoms with Crippen LogP contribution in [0.4, 0.5) is 9.59 Å². The lowest BCUT2D eigenvalue weighted by Gasteiger charge is -2.29. The molecule has 7 rings (SSSR count). The van der Waals surface area contributed by atoms with E-state index >= 15 is 0 Å². The van der Waals surface area contributed by atoms with Gasteiger partial charge in [0, 0.05) is 25.7 Å². The van der Waals surface area contributed by atoms with Gasteiger partial charge in [0.1, 0.15) is 17.2 Å². The number of aliphatic hydroxyl groups is 1. The Labute approximate surface area is 361 Å². The molecule has 1 N–H and O–H groups in total. The van der Waals surface area contributed by atoms with Gasteiger partial charge in [0.2, 0.25) is 0 Å². The zero-order chi connectivity index (χ0) is 42.9. The summed E-state index contributed by atoms with van der Waals surface area (Å²) in [6.45, 7) is 12.0. The van der Waals surface area contributed by atoms with Crippen LogP contribution in [-0.4, -0.2) is 94.4 Å². The second-order valence-electron chi connectivity index (χ2n) is 17.7. The van der Waals surface area contributed by atoms with Crippen LogP contribution >= 0.6 is 12.4 Å². The molecule has 3 amide bonds. The molecule has 0 unspecified atom stereocenters. The summed E-state index contributed by atoms with van der Waals surface area (Å²) >= 11 is 0. The maximum Gasteiger partial charge on any atom is 0.410 e. The summed E-state index contributed by atoms with van der Waals surface area (Å²) in [5.41, 5.74) is 0.612. The maximum atomic E-state index is 12.9. The monoisotopic (exact) mass is 845 g/mol. The van der Waals surface area contributed by atoms with Crippen LogP contribution in [0.25, 0.3) is 21.5 Å². The Kier molecular flexibility index (Phi) is 16.9. The highest BCUT2D eigenvalue weighted by atomic mass is 35.5. The smallest absolute Gasteiger partial charge is 0.410 e. The number of fused-ring (bicyclic) bond motifs is 2. The van der Waals surface area contributed by atoms with Crippen LogP contribution in [-0.2, 0) is 19.1 Å².